The Morgan fingerprint density at radius 2 is 1.89 bits per heavy atom. The van der Waals surface area contributed by atoms with Gasteiger partial charge in [-0.25, -0.2) is 10.5 Å². The molecule has 2 aromatic carbocycles. The van der Waals surface area contributed by atoms with Gasteiger partial charge in [-0.2, -0.15) is 9.72 Å². The number of nitrogens with two attached hydrogens (primary N) is 1. The van der Waals surface area contributed by atoms with Gasteiger partial charge in [0.15, 0.2) is 5.43 Å². The van der Waals surface area contributed by atoms with Crippen molar-refractivity contribution in [1.82, 2.24) is 14.8 Å². The van der Waals surface area contributed by atoms with Crippen molar-refractivity contribution in [2.24, 2.45) is 12.9 Å². The Balaban J connectivity index is 1.94. The number of pyridine rings is 1. The van der Waals surface area contributed by atoms with Crippen LogP contribution >= 0.6 is 7.82 Å². The number of hydrogen-bond acceptors (Lipinski definition) is 7. The summed E-state index contributed by atoms with van der Waals surface area (Å²) in [5.74, 6) is 4.73. The van der Waals surface area contributed by atoms with Crippen molar-refractivity contribution in [3.8, 4) is 16.9 Å². The smallest absolute Gasteiger partial charge is 0.403 e. The second-order valence-electron chi connectivity index (χ2n) is 6.14. The molecule has 4 aromatic rings. The predicted octanol–water partition coefficient (Wildman–Crippen LogP) is 2.52. The van der Waals surface area contributed by atoms with Gasteiger partial charge in [0.2, 0.25) is 0 Å². The van der Waals surface area contributed by atoms with Crippen LogP contribution in [0, 0.1) is 0 Å². The molecule has 4 rings (SSSR count). The third-order valence-electron chi connectivity index (χ3n) is 4.25. The Kier molecular flexibility index (Phi) is 4.44. The summed E-state index contributed by atoms with van der Waals surface area (Å²) in [7, 11) is -2.64. The number of aryl methyl sites for hydroxylation is 1. The maximum absolute atomic E-state index is 13.2. The summed E-state index contributed by atoms with van der Waals surface area (Å²) in [5.41, 5.74) is 1.81. The van der Waals surface area contributed by atoms with Crippen molar-refractivity contribution < 1.29 is 18.6 Å². The van der Waals surface area contributed by atoms with E-state index in [-0.39, 0.29) is 11.2 Å². The van der Waals surface area contributed by atoms with E-state index in [1.54, 1.807) is 48.4 Å². The minimum atomic E-state index is -4.45. The molecule has 9 nitrogen and oxygen atoms in total. The van der Waals surface area contributed by atoms with E-state index in [0.717, 1.165) is 11.1 Å². The first kappa shape index (κ1) is 18.3. The lowest BCUT2D eigenvalue weighted by Crippen LogP contribution is -2.03. The Morgan fingerprint density at radius 1 is 1.11 bits per heavy atom. The van der Waals surface area contributed by atoms with Crippen molar-refractivity contribution in [3.63, 3.8) is 0 Å². The summed E-state index contributed by atoms with van der Waals surface area (Å²) < 4.78 is 22.0. The Bertz CT molecular complexity index is 1320. The van der Waals surface area contributed by atoms with E-state index in [1.807, 2.05) is 6.20 Å². The molecule has 0 radical (unpaired) electrons. The van der Waals surface area contributed by atoms with E-state index in [0.29, 0.717) is 21.7 Å². The van der Waals surface area contributed by atoms with Crippen LogP contribution in [-0.4, -0.2) is 19.7 Å². The summed E-state index contributed by atoms with van der Waals surface area (Å²) in [6.07, 6.45) is 5.19. The molecule has 2 aromatic heterocycles. The molecule has 0 saturated heterocycles. The molecular weight excluding hydrogens is 383 g/mol. The number of phosphoric ester groups is 1. The summed E-state index contributed by atoms with van der Waals surface area (Å²) in [4.78, 5) is 27.0. The normalized spacial score (nSPS) is 13.5. The van der Waals surface area contributed by atoms with Crippen LogP contribution in [0.15, 0.2) is 59.8 Å². The van der Waals surface area contributed by atoms with Crippen LogP contribution in [0.25, 0.3) is 32.8 Å². The number of fused-ring (bicyclic) bond motifs is 2. The molecule has 10 heteroatoms. The van der Waals surface area contributed by atoms with Crippen LogP contribution in [0.4, 0.5) is 0 Å². The fourth-order valence-electron chi connectivity index (χ4n) is 2.92. The molecule has 0 saturated carbocycles. The molecule has 3 N–H and O–H groups in total. The first-order valence-electron chi connectivity index (χ1n) is 8.13. The van der Waals surface area contributed by atoms with Gasteiger partial charge >= 0.3 is 7.82 Å². The zero-order chi connectivity index (χ0) is 19.9. The van der Waals surface area contributed by atoms with E-state index in [9.17, 15) is 14.3 Å². The van der Waals surface area contributed by atoms with Gasteiger partial charge in [-0.15, -0.1) is 0 Å². The first-order valence-corrected chi connectivity index (χ1v) is 9.62. The fraction of sp³-hybridized carbons (Fsp3) is 0.0556. The average Bonchev–Trinajstić information content (AvgIpc) is 3.06. The highest BCUT2D eigenvalue weighted by molar-refractivity contribution is 7.47. The summed E-state index contributed by atoms with van der Waals surface area (Å²) in [5, 5.41) is 5.46. The first-order chi connectivity index (χ1) is 13.4. The summed E-state index contributed by atoms with van der Waals surface area (Å²) in [6, 6.07) is 9.65. The Morgan fingerprint density at radius 3 is 2.61 bits per heavy atom. The molecule has 28 heavy (non-hydrogen) atoms. The maximum Gasteiger partial charge on any atom is 0.544 e. The minimum Gasteiger partial charge on any atom is -0.403 e. The third kappa shape index (κ3) is 3.39. The number of nitrogens with zero attached hydrogens (tertiary/aromatic N) is 3. The van der Waals surface area contributed by atoms with Crippen LogP contribution < -0.4 is 15.8 Å². The van der Waals surface area contributed by atoms with Gasteiger partial charge in [0.05, 0.1) is 11.7 Å². The molecule has 0 fully saturated rings. The predicted molar refractivity (Wildman–Crippen MR) is 103 cm³/mol. The second kappa shape index (κ2) is 6.81. The van der Waals surface area contributed by atoms with Crippen LogP contribution in [0.1, 0.15) is 0 Å². The van der Waals surface area contributed by atoms with Crippen LogP contribution in [0.3, 0.4) is 0 Å². The van der Waals surface area contributed by atoms with Gasteiger partial charge in [0.1, 0.15) is 5.75 Å². The average molecular weight is 398 g/mol. The number of aromatic nitrogens is 3. The molecule has 0 aliphatic rings. The van der Waals surface area contributed by atoms with E-state index in [2.05, 4.69) is 14.7 Å². The zero-order valence-corrected chi connectivity index (χ0v) is 15.5. The molecule has 1 atom stereocenters. The Labute approximate surface area is 158 Å². The van der Waals surface area contributed by atoms with E-state index in [1.165, 1.54) is 12.1 Å². The molecule has 142 valence electrons. The fourth-order valence-corrected chi connectivity index (χ4v) is 3.34. The highest BCUT2D eigenvalue weighted by atomic mass is 31.2. The highest BCUT2D eigenvalue weighted by Gasteiger charge is 2.21. The van der Waals surface area contributed by atoms with Crippen LogP contribution in [0.2, 0.25) is 0 Å². The second-order valence-corrected chi connectivity index (χ2v) is 7.47. The van der Waals surface area contributed by atoms with Gasteiger partial charge in [0.25, 0.3) is 0 Å². The Hall–Kier alpha value is -3.10. The lowest BCUT2D eigenvalue weighted by atomic mass is 10.1. The topological polar surface area (TPSA) is 130 Å². The summed E-state index contributed by atoms with van der Waals surface area (Å²) in [6.45, 7) is 0. The molecule has 0 amide bonds. The maximum atomic E-state index is 13.2. The molecular formula is C18H15N4O5P. The quantitative estimate of drug-likeness (QED) is 0.396. The number of benzene rings is 1. The van der Waals surface area contributed by atoms with Crippen molar-refractivity contribution in [3.05, 3.63) is 65.2 Å². The van der Waals surface area contributed by atoms with Gasteiger partial charge in [0, 0.05) is 41.3 Å². The van der Waals surface area contributed by atoms with Gasteiger partial charge in [-0.1, -0.05) is 12.1 Å². The zero-order valence-electron chi connectivity index (χ0n) is 14.6. The van der Waals surface area contributed by atoms with Crippen molar-refractivity contribution in [1.29, 1.82) is 0 Å². The van der Waals surface area contributed by atoms with E-state index >= 15 is 0 Å². The monoisotopic (exact) mass is 398 g/mol. The molecule has 2 heterocycles. The molecule has 0 aliphatic heterocycles. The molecule has 0 spiro atoms. The molecule has 0 aliphatic carbocycles. The third-order valence-corrected chi connectivity index (χ3v) is 4.95. The number of phosphoric acid groups is 1. The minimum absolute atomic E-state index is 0.0170. The van der Waals surface area contributed by atoms with Crippen molar-refractivity contribution in [2.75, 3.05) is 0 Å². The van der Waals surface area contributed by atoms with Gasteiger partial charge in [-0.05, 0) is 29.7 Å². The van der Waals surface area contributed by atoms with Gasteiger partial charge in [-0.3, -0.25) is 19.4 Å². The van der Waals surface area contributed by atoms with Gasteiger partial charge < -0.3 is 4.52 Å². The van der Waals surface area contributed by atoms with Crippen LogP contribution in [-0.2, 0) is 16.2 Å². The van der Waals surface area contributed by atoms with E-state index in [4.69, 9.17) is 10.4 Å². The van der Waals surface area contributed by atoms with Crippen molar-refractivity contribution in [2.45, 2.75) is 0 Å². The highest BCUT2D eigenvalue weighted by Crippen LogP contribution is 2.42. The molecule has 1 unspecified atom stereocenters. The van der Waals surface area contributed by atoms with Crippen molar-refractivity contribution >= 4 is 29.5 Å². The largest absolute Gasteiger partial charge is 0.544 e. The summed E-state index contributed by atoms with van der Waals surface area (Å²) >= 11 is 0. The standard InChI is InChI=1S/C18H15N4O5P/c1-22-10-13(9-21-22)12-6-16-17(20-8-12)5-3-11-2-4-14(7-15(11)18(16)23)26-28(24,25)27-19/h2-10H,19H2,1H3,(H,24,25). The van der Waals surface area contributed by atoms with E-state index < -0.39 is 7.82 Å². The SMILES string of the molecule is Cn1cc(-c2cnc3ccc4ccc(OP(=O)(O)ON)cc4c(=O)c3c2)cn1. The number of rotatable bonds is 4. The van der Waals surface area contributed by atoms with Crippen LogP contribution in [0.5, 0.6) is 5.75 Å². The number of hydrogen-bond donors (Lipinski definition) is 2. The lowest BCUT2D eigenvalue weighted by Gasteiger charge is -2.09. The lowest BCUT2D eigenvalue weighted by molar-refractivity contribution is 0.208. The molecule has 0 bridgehead atoms.